The highest BCUT2D eigenvalue weighted by atomic mass is 32.2. The topological polar surface area (TPSA) is 156 Å². The van der Waals surface area contributed by atoms with Crippen molar-refractivity contribution in [3.05, 3.63) is 66.2 Å². The van der Waals surface area contributed by atoms with Crippen molar-refractivity contribution in [3.8, 4) is 0 Å². The fraction of sp³-hybridized carbons (Fsp3) is 0.238. The average Bonchev–Trinajstić information content (AvgIpc) is 3.21. The maximum Gasteiger partial charge on any atom is 0.362 e. The molecule has 2 aromatic carbocycles. The lowest BCUT2D eigenvalue weighted by atomic mass is 10.0. The SMILES string of the molecule is O=C(N[C@H]1CN(S(=O)(=O)O)C1=O)C(NC(=O)N1CCN(c2ccccc2)C1=O)c1ccccc1. The summed E-state index contributed by atoms with van der Waals surface area (Å²) in [6.07, 6.45) is 0. The van der Waals surface area contributed by atoms with Gasteiger partial charge in [0.15, 0.2) is 0 Å². The van der Waals surface area contributed by atoms with Gasteiger partial charge in [-0.1, -0.05) is 48.5 Å². The van der Waals surface area contributed by atoms with Gasteiger partial charge in [0.05, 0.1) is 13.1 Å². The Hall–Kier alpha value is -3.97. The first-order valence-corrected chi connectivity index (χ1v) is 11.7. The Kier molecular flexibility index (Phi) is 6.22. The number of carbonyl (C=O) groups is 4. The summed E-state index contributed by atoms with van der Waals surface area (Å²) < 4.78 is 31.4. The molecule has 2 saturated heterocycles. The third-order valence-electron chi connectivity index (χ3n) is 5.47. The van der Waals surface area contributed by atoms with E-state index in [4.69, 9.17) is 4.55 Å². The molecule has 13 heteroatoms. The van der Waals surface area contributed by atoms with E-state index < -0.39 is 52.8 Å². The Morgan fingerprint density at radius 1 is 0.971 bits per heavy atom. The highest BCUT2D eigenvalue weighted by Crippen LogP contribution is 2.22. The van der Waals surface area contributed by atoms with E-state index in [1.54, 1.807) is 60.7 Å². The summed E-state index contributed by atoms with van der Waals surface area (Å²) in [5.74, 6) is -1.78. The molecule has 34 heavy (non-hydrogen) atoms. The van der Waals surface area contributed by atoms with Gasteiger partial charge in [-0.25, -0.2) is 18.8 Å². The molecule has 2 aliphatic heterocycles. The highest BCUT2D eigenvalue weighted by molar-refractivity contribution is 7.84. The number of nitrogens with zero attached hydrogens (tertiary/aromatic N) is 3. The number of urea groups is 2. The molecule has 6 amide bonds. The Bertz CT molecular complexity index is 1220. The summed E-state index contributed by atoms with van der Waals surface area (Å²) >= 11 is 0. The molecular formula is C21H21N5O7S. The Balaban J connectivity index is 1.47. The lowest BCUT2D eigenvalue weighted by Gasteiger charge is -2.36. The van der Waals surface area contributed by atoms with E-state index in [-0.39, 0.29) is 17.4 Å². The van der Waals surface area contributed by atoms with Crippen LogP contribution in [0.25, 0.3) is 0 Å². The molecule has 3 N–H and O–H groups in total. The molecule has 2 aromatic rings. The predicted octanol–water partition coefficient (Wildman–Crippen LogP) is 0.509. The molecule has 178 valence electrons. The minimum absolute atomic E-state index is 0.104. The van der Waals surface area contributed by atoms with Crippen LogP contribution in [0.3, 0.4) is 0 Å². The molecule has 2 atom stereocenters. The van der Waals surface area contributed by atoms with Gasteiger partial charge in [0.1, 0.15) is 12.1 Å². The summed E-state index contributed by atoms with van der Waals surface area (Å²) in [7, 11) is -4.71. The fourth-order valence-corrected chi connectivity index (χ4v) is 4.38. The van der Waals surface area contributed by atoms with Gasteiger partial charge in [-0.3, -0.25) is 19.0 Å². The van der Waals surface area contributed by atoms with E-state index in [9.17, 15) is 27.6 Å². The summed E-state index contributed by atoms with van der Waals surface area (Å²) in [5, 5.41) is 4.90. The number of β-lactam (4-membered cyclic amide) rings is 1. The largest absolute Gasteiger partial charge is 0.362 e. The minimum atomic E-state index is -4.71. The van der Waals surface area contributed by atoms with Gasteiger partial charge < -0.3 is 10.6 Å². The quantitative estimate of drug-likeness (QED) is 0.396. The van der Waals surface area contributed by atoms with Crippen LogP contribution >= 0.6 is 0 Å². The number of benzene rings is 2. The number of imide groups is 1. The van der Waals surface area contributed by atoms with Crippen molar-refractivity contribution in [1.82, 2.24) is 19.8 Å². The van der Waals surface area contributed by atoms with Crippen LogP contribution in [-0.4, -0.2) is 71.7 Å². The zero-order valence-electron chi connectivity index (χ0n) is 17.7. The molecular weight excluding hydrogens is 466 g/mol. The molecule has 2 heterocycles. The number of amides is 6. The van der Waals surface area contributed by atoms with Crippen molar-refractivity contribution in [2.24, 2.45) is 0 Å². The summed E-state index contributed by atoms with van der Waals surface area (Å²) in [5.41, 5.74) is 1.02. The number of anilines is 1. The first-order valence-electron chi connectivity index (χ1n) is 10.3. The second-order valence-electron chi connectivity index (χ2n) is 7.62. The number of carbonyl (C=O) groups excluding carboxylic acids is 4. The maximum absolute atomic E-state index is 12.9. The molecule has 0 spiro atoms. The zero-order valence-corrected chi connectivity index (χ0v) is 18.5. The molecule has 0 aromatic heterocycles. The standard InChI is InChI=1S/C21H21N5O7S/c27-18(22-16-13-26(19(16)28)34(31,32)33)17(14-7-3-1-4-8-14)23-20(29)25-12-11-24(21(25)30)15-9-5-2-6-10-15/h1-10,16-17H,11-13H2,(H,22,27)(H,23,29)(H,31,32,33)/t16-,17?/m0/s1. The number of nitrogens with one attached hydrogen (secondary N) is 2. The second kappa shape index (κ2) is 9.11. The van der Waals surface area contributed by atoms with Gasteiger partial charge in [0.2, 0.25) is 5.91 Å². The normalized spacial score (nSPS) is 19.0. The first kappa shape index (κ1) is 23.2. The second-order valence-corrected chi connectivity index (χ2v) is 8.96. The Morgan fingerprint density at radius 2 is 1.59 bits per heavy atom. The Labute approximate surface area is 195 Å². The monoisotopic (exact) mass is 487 g/mol. The number of rotatable bonds is 6. The average molecular weight is 487 g/mol. The lowest BCUT2D eigenvalue weighted by Crippen LogP contribution is -2.66. The van der Waals surface area contributed by atoms with Crippen LogP contribution in [0.2, 0.25) is 0 Å². The molecule has 2 fully saturated rings. The van der Waals surface area contributed by atoms with Crippen LogP contribution in [0.4, 0.5) is 15.3 Å². The van der Waals surface area contributed by atoms with E-state index >= 15 is 0 Å². The molecule has 0 radical (unpaired) electrons. The van der Waals surface area contributed by atoms with Crippen molar-refractivity contribution in [2.75, 3.05) is 24.5 Å². The lowest BCUT2D eigenvalue weighted by molar-refractivity contribution is -0.141. The molecule has 2 aliphatic rings. The van der Waals surface area contributed by atoms with Gasteiger partial charge in [0.25, 0.3) is 5.91 Å². The molecule has 4 rings (SSSR count). The summed E-state index contributed by atoms with van der Waals surface area (Å²) in [6.45, 7) is -0.0524. The van der Waals surface area contributed by atoms with Crippen LogP contribution in [0.5, 0.6) is 0 Å². The van der Waals surface area contributed by atoms with Crippen molar-refractivity contribution in [3.63, 3.8) is 0 Å². The van der Waals surface area contributed by atoms with E-state index in [0.29, 0.717) is 11.3 Å². The van der Waals surface area contributed by atoms with Crippen molar-refractivity contribution >= 4 is 39.9 Å². The number of hydrogen-bond donors (Lipinski definition) is 3. The Morgan fingerprint density at radius 3 is 2.18 bits per heavy atom. The zero-order chi connectivity index (χ0) is 24.5. The fourth-order valence-electron chi connectivity index (χ4n) is 3.69. The van der Waals surface area contributed by atoms with Gasteiger partial charge in [-0.2, -0.15) is 8.42 Å². The molecule has 12 nitrogen and oxygen atoms in total. The third kappa shape index (κ3) is 4.56. The van der Waals surface area contributed by atoms with Crippen molar-refractivity contribution < 1.29 is 32.1 Å². The van der Waals surface area contributed by atoms with Gasteiger partial charge >= 0.3 is 22.4 Å². The highest BCUT2D eigenvalue weighted by Gasteiger charge is 2.45. The van der Waals surface area contributed by atoms with Crippen molar-refractivity contribution in [1.29, 1.82) is 0 Å². The summed E-state index contributed by atoms with van der Waals surface area (Å²) in [4.78, 5) is 53.1. The first-order chi connectivity index (χ1) is 16.2. The van der Waals surface area contributed by atoms with Crippen LogP contribution in [0.15, 0.2) is 60.7 Å². The number of hydrogen-bond acceptors (Lipinski definition) is 6. The molecule has 0 aliphatic carbocycles. The van der Waals surface area contributed by atoms with Crippen LogP contribution in [0, 0.1) is 0 Å². The molecule has 0 bridgehead atoms. The van der Waals surface area contributed by atoms with Crippen LogP contribution in [-0.2, 0) is 19.9 Å². The maximum atomic E-state index is 12.9. The van der Waals surface area contributed by atoms with Gasteiger partial charge in [-0.15, -0.1) is 0 Å². The third-order valence-corrected chi connectivity index (χ3v) is 6.36. The molecule has 1 unspecified atom stereocenters. The van der Waals surface area contributed by atoms with Crippen LogP contribution < -0.4 is 15.5 Å². The van der Waals surface area contributed by atoms with E-state index in [1.807, 2.05) is 0 Å². The van der Waals surface area contributed by atoms with Gasteiger partial charge in [0, 0.05) is 12.2 Å². The minimum Gasteiger partial charge on any atom is -0.341 e. The number of para-hydroxylation sites is 1. The van der Waals surface area contributed by atoms with E-state index in [0.717, 1.165) is 4.90 Å². The van der Waals surface area contributed by atoms with Crippen LogP contribution in [0.1, 0.15) is 11.6 Å². The van der Waals surface area contributed by atoms with E-state index in [1.165, 1.54) is 4.90 Å². The van der Waals surface area contributed by atoms with Gasteiger partial charge in [-0.05, 0) is 17.7 Å². The smallest absolute Gasteiger partial charge is 0.341 e. The predicted molar refractivity (Wildman–Crippen MR) is 119 cm³/mol. The molecule has 0 saturated carbocycles. The van der Waals surface area contributed by atoms with Crippen molar-refractivity contribution in [2.45, 2.75) is 12.1 Å². The summed E-state index contributed by atoms with van der Waals surface area (Å²) in [6, 6.07) is 13.2. The van der Waals surface area contributed by atoms with E-state index in [2.05, 4.69) is 10.6 Å².